The zero-order valence-electron chi connectivity index (χ0n) is 16.3. The van der Waals surface area contributed by atoms with E-state index in [0.717, 1.165) is 31.3 Å². The number of rotatable bonds is 6. The SMILES string of the molecule is O=C(CN1CCN(S(=O)(=O)c2cc3ccc(Cl)cc3s2)CC1=O)NCc1cccnc1. The van der Waals surface area contributed by atoms with Gasteiger partial charge < -0.3 is 10.2 Å². The molecule has 1 saturated heterocycles. The summed E-state index contributed by atoms with van der Waals surface area (Å²) in [7, 11) is -3.81. The molecule has 2 amide bonds. The van der Waals surface area contributed by atoms with Gasteiger partial charge in [0.25, 0.3) is 10.0 Å². The molecule has 0 radical (unpaired) electrons. The fraction of sp³-hybridized carbons (Fsp3) is 0.250. The van der Waals surface area contributed by atoms with Crippen molar-refractivity contribution in [1.82, 2.24) is 19.5 Å². The van der Waals surface area contributed by atoms with E-state index in [-0.39, 0.29) is 36.3 Å². The molecule has 1 fully saturated rings. The van der Waals surface area contributed by atoms with Crippen molar-refractivity contribution in [2.75, 3.05) is 26.2 Å². The lowest BCUT2D eigenvalue weighted by Crippen LogP contribution is -2.54. The number of fused-ring (bicyclic) bond motifs is 1. The van der Waals surface area contributed by atoms with Crippen LogP contribution in [0.15, 0.2) is 53.0 Å². The summed E-state index contributed by atoms with van der Waals surface area (Å²) in [6, 6.07) is 10.4. The molecule has 0 bridgehead atoms. The van der Waals surface area contributed by atoms with Gasteiger partial charge in [-0.3, -0.25) is 14.6 Å². The third kappa shape index (κ3) is 4.87. The Morgan fingerprint density at radius 1 is 1.23 bits per heavy atom. The minimum Gasteiger partial charge on any atom is -0.350 e. The van der Waals surface area contributed by atoms with Gasteiger partial charge >= 0.3 is 0 Å². The molecule has 1 aliphatic heterocycles. The third-order valence-electron chi connectivity index (χ3n) is 4.88. The standard InChI is InChI=1S/C20H19ClN4O4S2/c21-16-4-3-15-8-20(30-17(15)9-16)31(28,29)25-7-6-24(19(27)13-25)12-18(26)23-11-14-2-1-5-22-10-14/h1-5,8-10H,6-7,11-13H2,(H,23,26). The van der Waals surface area contributed by atoms with Crippen LogP contribution in [-0.4, -0.2) is 60.6 Å². The summed E-state index contributed by atoms with van der Waals surface area (Å²) in [4.78, 5) is 30.1. The summed E-state index contributed by atoms with van der Waals surface area (Å²) < 4.78 is 28.1. The molecular weight excluding hydrogens is 460 g/mol. The number of carbonyl (C=O) groups is 2. The van der Waals surface area contributed by atoms with Crippen molar-refractivity contribution >= 4 is 54.9 Å². The maximum absolute atomic E-state index is 13.0. The lowest BCUT2D eigenvalue weighted by atomic mass is 10.3. The second-order valence-electron chi connectivity index (χ2n) is 7.04. The van der Waals surface area contributed by atoms with Crippen LogP contribution in [0.5, 0.6) is 0 Å². The van der Waals surface area contributed by atoms with Gasteiger partial charge in [0.15, 0.2) is 0 Å². The maximum Gasteiger partial charge on any atom is 0.253 e. The molecule has 0 atom stereocenters. The molecule has 0 unspecified atom stereocenters. The highest BCUT2D eigenvalue weighted by Crippen LogP contribution is 2.33. The molecule has 162 valence electrons. The Hall–Kier alpha value is -2.53. The van der Waals surface area contributed by atoms with E-state index in [9.17, 15) is 18.0 Å². The van der Waals surface area contributed by atoms with Gasteiger partial charge in [0.05, 0.1) is 13.1 Å². The van der Waals surface area contributed by atoms with E-state index in [1.807, 2.05) is 6.07 Å². The summed E-state index contributed by atoms with van der Waals surface area (Å²) >= 11 is 7.11. The Morgan fingerprint density at radius 3 is 2.81 bits per heavy atom. The molecule has 2 aromatic heterocycles. The topological polar surface area (TPSA) is 99.7 Å². The van der Waals surface area contributed by atoms with Crippen LogP contribution in [0, 0.1) is 0 Å². The van der Waals surface area contributed by atoms with Gasteiger partial charge in [-0.05, 0) is 35.2 Å². The minimum atomic E-state index is -3.81. The normalized spacial score (nSPS) is 15.4. The summed E-state index contributed by atoms with van der Waals surface area (Å²) in [5.74, 6) is -0.717. The number of amides is 2. The first-order valence-corrected chi connectivity index (χ1v) is 12.1. The first-order chi connectivity index (χ1) is 14.8. The predicted octanol–water partition coefficient (Wildman–Crippen LogP) is 2.10. The smallest absolute Gasteiger partial charge is 0.253 e. The summed E-state index contributed by atoms with van der Waals surface area (Å²) in [6.45, 7) is 0.167. The largest absolute Gasteiger partial charge is 0.350 e. The second kappa shape index (κ2) is 8.91. The lowest BCUT2D eigenvalue weighted by molar-refractivity contribution is -0.138. The molecule has 3 heterocycles. The molecule has 8 nitrogen and oxygen atoms in total. The molecular formula is C20H19ClN4O4S2. The molecule has 31 heavy (non-hydrogen) atoms. The molecule has 0 spiro atoms. The van der Waals surface area contributed by atoms with Gasteiger partial charge in [0.1, 0.15) is 4.21 Å². The number of carbonyl (C=O) groups excluding carboxylic acids is 2. The average molecular weight is 479 g/mol. The van der Waals surface area contributed by atoms with Crippen LogP contribution in [-0.2, 0) is 26.2 Å². The summed E-state index contributed by atoms with van der Waals surface area (Å²) in [5, 5.41) is 4.05. The van der Waals surface area contributed by atoms with Crippen molar-refractivity contribution in [3.05, 3.63) is 59.4 Å². The Bertz CT molecular complexity index is 1230. The maximum atomic E-state index is 13.0. The predicted molar refractivity (Wildman–Crippen MR) is 118 cm³/mol. The van der Waals surface area contributed by atoms with Crippen molar-refractivity contribution in [2.24, 2.45) is 0 Å². The van der Waals surface area contributed by atoms with E-state index in [0.29, 0.717) is 11.6 Å². The van der Waals surface area contributed by atoms with Crippen molar-refractivity contribution in [1.29, 1.82) is 0 Å². The van der Waals surface area contributed by atoms with Gasteiger partial charge in [-0.1, -0.05) is 23.7 Å². The molecule has 3 aromatic rings. The number of pyridine rings is 1. The number of nitrogens with one attached hydrogen (secondary N) is 1. The molecule has 4 rings (SSSR count). The monoisotopic (exact) mass is 478 g/mol. The Balaban J connectivity index is 1.37. The van der Waals surface area contributed by atoms with Crippen LogP contribution in [0.2, 0.25) is 5.02 Å². The van der Waals surface area contributed by atoms with Crippen LogP contribution in [0.4, 0.5) is 0 Å². The van der Waals surface area contributed by atoms with Crippen LogP contribution in [0.3, 0.4) is 0 Å². The molecule has 1 aromatic carbocycles. The van der Waals surface area contributed by atoms with Crippen molar-refractivity contribution in [2.45, 2.75) is 10.8 Å². The number of nitrogens with zero attached hydrogens (tertiary/aromatic N) is 3. The highest BCUT2D eigenvalue weighted by atomic mass is 35.5. The minimum absolute atomic E-state index is 0.117. The van der Waals surface area contributed by atoms with E-state index < -0.39 is 15.9 Å². The Morgan fingerprint density at radius 2 is 2.06 bits per heavy atom. The van der Waals surface area contributed by atoms with Crippen LogP contribution >= 0.6 is 22.9 Å². The van der Waals surface area contributed by atoms with Crippen LogP contribution in [0.25, 0.3) is 10.1 Å². The number of piperazine rings is 1. The van der Waals surface area contributed by atoms with Gasteiger partial charge in [-0.15, -0.1) is 11.3 Å². The first kappa shape index (κ1) is 21.7. The number of hydrogen-bond donors (Lipinski definition) is 1. The lowest BCUT2D eigenvalue weighted by Gasteiger charge is -2.32. The molecule has 0 saturated carbocycles. The van der Waals surface area contributed by atoms with E-state index in [4.69, 9.17) is 11.6 Å². The highest BCUT2D eigenvalue weighted by Gasteiger charge is 2.34. The number of hydrogen-bond acceptors (Lipinski definition) is 6. The number of halogens is 1. The van der Waals surface area contributed by atoms with Gasteiger partial charge in [-0.25, -0.2) is 8.42 Å². The quantitative estimate of drug-likeness (QED) is 0.584. The molecule has 0 aliphatic carbocycles. The van der Waals surface area contributed by atoms with Crippen LogP contribution in [0.1, 0.15) is 5.56 Å². The first-order valence-electron chi connectivity index (χ1n) is 9.45. The number of sulfonamides is 1. The Kier molecular flexibility index (Phi) is 6.24. The van der Waals surface area contributed by atoms with Gasteiger partial charge in [0, 0.05) is 41.8 Å². The molecule has 1 N–H and O–H groups in total. The number of aromatic nitrogens is 1. The van der Waals surface area contributed by atoms with E-state index in [1.54, 1.807) is 42.7 Å². The average Bonchev–Trinajstić information content (AvgIpc) is 3.18. The van der Waals surface area contributed by atoms with Crippen molar-refractivity contribution in [3.63, 3.8) is 0 Å². The Labute approximate surface area is 188 Å². The zero-order valence-corrected chi connectivity index (χ0v) is 18.7. The molecule has 1 aliphatic rings. The van der Waals surface area contributed by atoms with Crippen LogP contribution < -0.4 is 5.32 Å². The van der Waals surface area contributed by atoms with Gasteiger partial charge in [-0.2, -0.15) is 4.31 Å². The second-order valence-corrected chi connectivity index (χ2v) is 10.7. The van der Waals surface area contributed by atoms with Crippen molar-refractivity contribution in [3.8, 4) is 0 Å². The summed E-state index contributed by atoms with van der Waals surface area (Å²) in [6.07, 6.45) is 3.29. The summed E-state index contributed by atoms with van der Waals surface area (Å²) in [5.41, 5.74) is 0.850. The molecule has 11 heteroatoms. The van der Waals surface area contributed by atoms with E-state index in [1.165, 1.54) is 4.90 Å². The fourth-order valence-electron chi connectivity index (χ4n) is 3.23. The van der Waals surface area contributed by atoms with E-state index >= 15 is 0 Å². The third-order valence-corrected chi connectivity index (χ3v) is 8.51. The van der Waals surface area contributed by atoms with Crippen molar-refractivity contribution < 1.29 is 18.0 Å². The zero-order chi connectivity index (χ0) is 22.0. The highest BCUT2D eigenvalue weighted by molar-refractivity contribution is 7.91. The number of thiophene rings is 1. The number of benzene rings is 1. The fourth-order valence-corrected chi connectivity index (χ4v) is 6.44. The van der Waals surface area contributed by atoms with E-state index in [2.05, 4.69) is 10.3 Å². The van der Waals surface area contributed by atoms with Gasteiger partial charge in [0.2, 0.25) is 11.8 Å².